The van der Waals surface area contributed by atoms with Crippen LogP contribution in [-0.2, 0) is 14.4 Å². The first kappa shape index (κ1) is 21.6. The predicted molar refractivity (Wildman–Crippen MR) is 114 cm³/mol. The van der Waals surface area contributed by atoms with E-state index in [1.54, 1.807) is 29.2 Å². The van der Waals surface area contributed by atoms with Crippen molar-refractivity contribution >= 4 is 35.0 Å². The smallest absolute Gasteiger partial charge is 0.313 e. The Labute approximate surface area is 180 Å². The van der Waals surface area contributed by atoms with Crippen LogP contribution in [0.4, 0.5) is 5.69 Å². The maximum absolute atomic E-state index is 12.3. The molecule has 0 aromatic heterocycles. The molecule has 1 aliphatic rings. The molecule has 1 fully saturated rings. The fraction of sp³-hybridized carbons (Fsp3) is 0.318. The molecular formula is C22H24ClN3O4. The van der Waals surface area contributed by atoms with E-state index in [9.17, 15) is 14.4 Å². The van der Waals surface area contributed by atoms with Crippen molar-refractivity contribution in [1.29, 1.82) is 0 Å². The Morgan fingerprint density at radius 3 is 2.30 bits per heavy atom. The van der Waals surface area contributed by atoms with Gasteiger partial charge in [0, 0.05) is 30.3 Å². The molecule has 0 aliphatic carbocycles. The summed E-state index contributed by atoms with van der Waals surface area (Å²) >= 11 is 5.80. The van der Waals surface area contributed by atoms with Gasteiger partial charge in [-0.1, -0.05) is 29.8 Å². The zero-order valence-corrected chi connectivity index (χ0v) is 17.2. The molecule has 2 aromatic carbocycles. The summed E-state index contributed by atoms with van der Waals surface area (Å²) in [6, 6.07) is 15.7. The van der Waals surface area contributed by atoms with Gasteiger partial charge in [0.1, 0.15) is 5.75 Å². The summed E-state index contributed by atoms with van der Waals surface area (Å²) in [4.78, 5) is 38.1. The number of halogens is 1. The van der Waals surface area contributed by atoms with Crippen LogP contribution in [0.15, 0.2) is 54.6 Å². The number of nitrogens with zero attached hydrogens (tertiary/aromatic N) is 1. The molecule has 0 unspecified atom stereocenters. The zero-order valence-electron chi connectivity index (χ0n) is 16.5. The molecule has 0 saturated carbocycles. The summed E-state index contributed by atoms with van der Waals surface area (Å²) in [5.41, 5.74) is 0.504. The predicted octanol–water partition coefficient (Wildman–Crippen LogP) is 2.71. The van der Waals surface area contributed by atoms with Crippen LogP contribution in [0.2, 0.25) is 5.02 Å². The largest absolute Gasteiger partial charge is 0.484 e. The SMILES string of the molecule is O=C(NCC1CCN(C(=O)COc2ccccc2)CC1)C(=O)Nc1ccc(Cl)cc1. The molecular weight excluding hydrogens is 406 g/mol. The van der Waals surface area contributed by atoms with Crippen LogP contribution in [0, 0.1) is 5.92 Å². The number of carbonyl (C=O) groups is 3. The Morgan fingerprint density at radius 2 is 1.63 bits per heavy atom. The molecule has 3 amide bonds. The highest BCUT2D eigenvalue weighted by Gasteiger charge is 2.24. The lowest BCUT2D eigenvalue weighted by Gasteiger charge is -2.32. The topological polar surface area (TPSA) is 87.7 Å². The van der Waals surface area contributed by atoms with Crippen LogP contribution in [-0.4, -0.2) is 48.9 Å². The number of ether oxygens (including phenoxy) is 1. The van der Waals surface area contributed by atoms with E-state index < -0.39 is 11.8 Å². The Kier molecular flexibility index (Phi) is 7.68. The van der Waals surface area contributed by atoms with Gasteiger partial charge in [0.15, 0.2) is 6.61 Å². The third kappa shape index (κ3) is 6.49. The van der Waals surface area contributed by atoms with Gasteiger partial charge in [-0.25, -0.2) is 0 Å². The number of amides is 3. The third-order valence-corrected chi connectivity index (χ3v) is 5.18. The number of hydrogen-bond acceptors (Lipinski definition) is 4. The molecule has 2 aromatic rings. The van der Waals surface area contributed by atoms with Crippen molar-refractivity contribution in [1.82, 2.24) is 10.2 Å². The Hall–Kier alpha value is -3.06. The van der Waals surface area contributed by atoms with Gasteiger partial charge in [0.2, 0.25) is 0 Å². The number of nitrogens with one attached hydrogen (secondary N) is 2. The first-order valence-electron chi connectivity index (χ1n) is 9.81. The number of hydrogen-bond donors (Lipinski definition) is 2. The van der Waals surface area contributed by atoms with Gasteiger partial charge in [-0.3, -0.25) is 14.4 Å². The van der Waals surface area contributed by atoms with Gasteiger partial charge in [-0.2, -0.15) is 0 Å². The van der Waals surface area contributed by atoms with Gasteiger partial charge >= 0.3 is 11.8 Å². The molecule has 1 saturated heterocycles. The second-order valence-electron chi connectivity index (χ2n) is 7.10. The van der Waals surface area contributed by atoms with E-state index in [2.05, 4.69) is 10.6 Å². The Bertz CT molecular complexity index is 866. The fourth-order valence-corrected chi connectivity index (χ4v) is 3.30. The molecule has 1 heterocycles. The first-order valence-corrected chi connectivity index (χ1v) is 10.2. The van der Waals surface area contributed by atoms with Crippen LogP contribution in [0.1, 0.15) is 12.8 Å². The van der Waals surface area contributed by atoms with E-state index in [1.165, 1.54) is 0 Å². The van der Waals surface area contributed by atoms with Crippen molar-refractivity contribution in [3.63, 3.8) is 0 Å². The van der Waals surface area contributed by atoms with E-state index >= 15 is 0 Å². The van der Waals surface area contributed by atoms with Gasteiger partial charge < -0.3 is 20.3 Å². The van der Waals surface area contributed by atoms with Gasteiger partial charge in [-0.05, 0) is 55.2 Å². The van der Waals surface area contributed by atoms with E-state index in [0.29, 0.717) is 36.1 Å². The monoisotopic (exact) mass is 429 g/mol. The van der Waals surface area contributed by atoms with Crippen molar-refractivity contribution in [3.05, 3.63) is 59.6 Å². The van der Waals surface area contributed by atoms with Crippen LogP contribution in [0.3, 0.4) is 0 Å². The molecule has 0 spiro atoms. The summed E-state index contributed by atoms with van der Waals surface area (Å²) in [6.07, 6.45) is 1.52. The fourth-order valence-electron chi connectivity index (χ4n) is 3.18. The highest BCUT2D eigenvalue weighted by atomic mass is 35.5. The number of carbonyl (C=O) groups excluding carboxylic acids is 3. The maximum atomic E-state index is 12.3. The summed E-state index contributed by atoms with van der Waals surface area (Å²) in [7, 11) is 0. The molecule has 0 bridgehead atoms. The Morgan fingerprint density at radius 1 is 0.967 bits per heavy atom. The quantitative estimate of drug-likeness (QED) is 0.691. The van der Waals surface area contributed by atoms with Gasteiger partial charge in [-0.15, -0.1) is 0 Å². The van der Waals surface area contributed by atoms with Crippen molar-refractivity contribution in [3.8, 4) is 5.75 Å². The van der Waals surface area contributed by atoms with Gasteiger partial charge in [0.05, 0.1) is 0 Å². The Balaban J connectivity index is 1.35. The molecule has 3 rings (SSSR count). The van der Waals surface area contributed by atoms with Crippen LogP contribution < -0.4 is 15.4 Å². The summed E-state index contributed by atoms with van der Waals surface area (Å²) in [5, 5.41) is 5.75. The minimum absolute atomic E-state index is 0.0102. The number of rotatable bonds is 6. The number of benzene rings is 2. The lowest BCUT2D eigenvalue weighted by Crippen LogP contribution is -2.44. The van der Waals surface area contributed by atoms with Gasteiger partial charge in [0.25, 0.3) is 5.91 Å². The van der Waals surface area contributed by atoms with E-state index in [-0.39, 0.29) is 18.4 Å². The highest BCUT2D eigenvalue weighted by Crippen LogP contribution is 2.17. The second kappa shape index (κ2) is 10.6. The van der Waals surface area contributed by atoms with Crippen molar-refractivity contribution in [2.75, 3.05) is 31.6 Å². The number of piperidine rings is 1. The lowest BCUT2D eigenvalue weighted by atomic mass is 9.96. The van der Waals surface area contributed by atoms with Crippen molar-refractivity contribution < 1.29 is 19.1 Å². The van der Waals surface area contributed by atoms with E-state index in [0.717, 1.165) is 12.8 Å². The lowest BCUT2D eigenvalue weighted by molar-refractivity contribution is -0.136. The summed E-state index contributed by atoms with van der Waals surface area (Å²) in [5.74, 6) is -0.567. The highest BCUT2D eigenvalue weighted by molar-refractivity contribution is 6.39. The second-order valence-corrected chi connectivity index (χ2v) is 7.53. The molecule has 0 atom stereocenters. The number of likely N-dealkylation sites (tertiary alicyclic amines) is 1. The normalized spacial score (nSPS) is 14.1. The molecule has 158 valence electrons. The minimum Gasteiger partial charge on any atom is -0.484 e. The molecule has 2 N–H and O–H groups in total. The van der Waals surface area contributed by atoms with Crippen LogP contribution in [0.5, 0.6) is 5.75 Å². The average molecular weight is 430 g/mol. The van der Waals surface area contributed by atoms with Crippen LogP contribution in [0.25, 0.3) is 0 Å². The standard InChI is InChI=1S/C22H24ClN3O4/c23-17-6-8-18(9-7-17)25-22(29)21(28)24-14-16-10-12-26(13-11-16)20(27)15-30-19-4-2-1-3-5-19/h1-9,16H,10-15H2,(H,24,28)(H,25,29). The summed E-state index contributed by atoms with van der Waals surface area (Å²) in [6.45, 7) is 1.62. The minimum atomic E-state index is -0.719. The molecule has 30 heavy (non-hydrogen) atoms. The van der Waals surface area contributed by atoms with Crippen molar-refractivity contribution in [2.45, 2.75) is 12.8 Å². The molecule has 7 nitrogen and oxygen atoms in total. The van der Waals surface area contributed by atoms with Crippen LogP contribution >= 0.6 is 11.6 Å². The number of anilines is 1. The van der Waals surface area contributed by atoms with Crippen molar-refractivity contribution in [2.24, 2.45) is 5.92 Å². The molecule has 8 heteroatoms. The maximum Gasteiger partial charge on any atom is 0.313 e. The summed E-state index contributed by atoms with van der Waals surface area (Å²) < 4.78 is 5.51. The third-order valence-electron chi connectivity index (χ3n) is 4.93. The van der Waals surface area contributed by atoms with E-state index in [4.69, 9.17) is 16.3 Å². The van der Waals surface area contributed by atoms with E-state index in [1.807, 2.05) is 30.3 Å². The first-order chi connectivity index (χ1) is 14.5. The zero-order chi connectivity index (χ0) is 21.3. The molecule has 1 aliphatic heterocycles. The molecule has 0 radical (unpaired) electrons. The number of para-hydroxylation sites is 1. The average Bonchev–Trinajstić information content (AvgIpc) is 2.78.